The summed E-state index contributed by atoms with van der Waals surface area (Å²) in [7, 11) is 0. The molecule has 3 rings (SSSR count). The fourth-order valence-electron chi connectivity index (χ4n) is 1.85. The molecule has 3 nitrogen and oxygen atoms in total. The predicted molar refractivity (Wildman–Crippen MR) is 80.2 cm³/mol. The van der Waals surface area contributed by atoms with Crippen LogP contribution in [0.5, 0.6) is 0 Å². The standard InChI is InChI=1S/C14H9BrClN3/c1-8-2-3-9-6-10(4-5-12(9)18-8)14-17-7-11(15)13(16)19-14/h2-7H,1H3. The van der Waals surface area contributed by atoms with Crippen molar-refractivity contribution in [3.8, 4) is 11.4 Å². The van der Waals surface area contributed by atoms with Crippen LogP contribution in [0, 0.1) is 6.92 Å². The summed E-state index contributed by atoms with van der Waals surface area (Å²) in [5.74, 6) is 0.607. The van der Waals surface area contributed by atoms with Gasteiger partial charge in [-0.15, -0.1) is 0 Å². The van der Waals surface area contributed by atoms with Gasteiger partial charge in [-0.3, -0.25) is 4.98 Å². The number of aromatic nitrogens is 3. The molecule has 0 amide bonds. The fourth-order valence-corrected chi connectivity index (χ4v) is 2.17. The van der Waals surface area contributed by atoms with Crippen molar-refractivity contribution in [3.63, 3.8) is 0 Å². The van der Waals surface area contributed by atoms with E-state index in [0.29, 0.717) is 15.5 Å². The van der Waals surface area contributed by atoms with E-state index in [4.69, 9.17) is 11.6 Å². The van der Waals surface area contributed by atoms with E-state index >= 15 is 0 Å². The highest BCUT2D eigenvalue weighted by Crippen LogP contribution is 2.25. The van der Waals surface area contributed by atoms with E-state index in [-0.39, 0.29) is 0 Å². The monoisotopic (exact) mass is 333 g/mol. The molecule has 0 spiro atoms. The molecule has 19 heavy (non-hydrogen) atoms. The lowest BCUT2D eigenvalue weighted by Crippen LogP contribution is -1.90. The molecule has 0 saturated heterocycles. The summed E-state index contributed by atoms with van der Waals surface area (Å²) in [6, 6.07) is 9.97. The van der Waals surface area contributed by atoms with Crippen molar-refractivity contribution in [2.75, 3.05) is 0 Å². The van der Waals surface area contributed by atoms with Crippen LogP contribution in [-0.2, 0) is 0 Å². The first kappa shape index (κ1) is 12.5. The molecule has 1 aromatic carbocycles. The number of fused-ring (bicyclic) bond motifs is 1. The first-order chi connectivity index (χ1) is 9.13. The van der Waals surface area contributed by atoms with Crippen molar-refractivity contribution in [1.82, 2.24) is 15.0 Å². The molecular formula is C14H9BrClN3. The molecule has 3 aromatic rings. The largest absolute Gasteiger partial charge is 0.253 e. The van der Waals surface area contributed by atoms with E-state index in [9.17, 15) is 0 Å². The molecule has 0 atom stereocenters. The van der Waals surface area contributed by atoms with Crippen LogP contribution in [0.25, 0.3) is 22.3 Å². The predicted octanol–water partition coefficient (Wildman–Crippen LogP) is 4.42. The van der Waals surface area contributed by atoms with Crippen LogP contribution < -0.4 is 0 Å². The Morgan fingerprint density at radius 1 is 1.11 bits per heavy atom. The van der Waals surface area contributed by atoms with Crippen molar-refractivity contribution in [1.29, 1.82) is 0 Å². The number of benzene rings is 1. The second kappa shape index (κ2) is 4.87. The molecule has 0 N–H and O–H groups in total. The van der Waals surface area contributed by atoms with Crippen LogP contribution in [0.15, 0.2) is 41.0 Å². The number of nitrogens with zero attached hydrogens (tertiary/aromatic N) is 3. The van der Waals surface area contributed by atoms with Gasteiger partial charge in [0.25, 0.3) is 0 Å². The molecule has 0 aliphatic rings. The molecule has 94 valence electrons. The van der Waals surface area contributed by atoms with Crippen LogP contribution in [-0.4, -0.2) is 15.0 Å². The third kappa shape index (κ3) is 2.46. The quantitative estimate of drug-likeness (QED) is 0.618. The second-order valence-electron chi connectivity index (χ2n) is 4.19. The minimum Gasteiger partial charge on any atom is -0.253 e. The maximum Gasteiger partial charge on any atom is 0.160 e. The highest BCUT2D eigenvalue weighted by atomic mass is 79.9. The maximum atomic E-state index is 5.99. The van der Waals surface area contributed by atoms with Crippen LogP contribution in [0.2, 0.25) is 5.15 Å². The summed E-state index contributed by atoms with van der Waals surface area (Å²) in [5.41, 5.74) is 2.89. The minimum absolute atomic E-state index is 0.409. The van der Waals surface area contributed by atoms with Gasteiger partial charge in [0.05, 0.1) is 9.99 Å². The lowest BCUT2D eigenvalue weighted by atomic mass is 10.1. The van der Waals surface area contributed by atoms with Crippen molar-refractivity contribution in [2.24, 2.45) is 0 Å². The minimum atomic E-state index is 0.409. The normalized spacial score (nSPS) is 10.9. The lowest BCUT2D eigenvalue weighted by molar-refractivity contribution is 1.16. The van der Waals surface area contributed by atoms with E-state index in [1.807, 2.05) is 37.3 Å². The van der Waals surface area contributed by atoms with Crippen molar-refractivity contribution >= 4 is 38.4 Å². The van der Waals surface area contributed by atoms with Crippen LogP contribution in [0.1, 0.15) is 5.69 Å². The maximum absolute atomic E-state index is 5.99. The Bertz CT molecular complexity index is 774. The average Bonchev–Trinajstić information content (AvgIpc) is 2.41. The van der Waals surface area contributed by atoms with E-state index < -0.39 is 0 Å². The van der Waals surface area contributed by atoms with Gasteiger partial charge < -0.3 is 0 Å². The average molecular weight is 335 g/mol. The summed E-state index contributed by atoms with van der Waals surface area (Å²) in [5, 5.41) is 1.47. The summed E-state index contributed by atoms with van der Waals surface area (Å²) in [6.45, 7) is 1.98. The van der Waals surface area contributed by atoms with Crippen LogP contribution in [0.3, 0.4) is 0 Å². The smallest absolute Gasteiger partial charge is 0.160 e. The molecule has 0 unspecified atom stereocenters. The van der Waals surface area contributed by atoms with Crippen molar-refractivity contribution < 1.29 is 0 Å². The Labute approximate surface area is 123 Å². The SMILES string of the molecule is Cc1ccc2cc(-c3ncc(Br)c(Cl)n3)ccc2n1. The van der Waals surface area contributed by atoms with Crippen molar-refractivity contribution in [3.05, 3.63) is 51.8 Å². The third-order valence-corrected chi connectivity index (χ3v) is 3.88. The van der Waals surface area contributed by atoms with E-state index in [1.54, 1.807) is 6.20 Å². The van der Waals surface area contributed by atoms with Gasteiger partial charge in [0, 0.05) is 22.8 Å². The molecule has 2 aromatic heterocycles. The summed E-state index contributed by atoms with van der Waals surface area (Å²) in [4.78, 5) is 13.0. The van der Waals surface area contributed by atoms with Crippen LogP contribution >= 0.6 is 27.5 Å². The molecule has 0 saturated carbocycles. The number of aryl methyl sites for hydroxylation is 1. The highest BCUT2D eigenvalue weighted by Gasteiger charge is 2.06. The Hall–Kier alpha value is -1.52. The number of rotatable bonds is 1. The molecule has 0 aliphatic carbocycles. The third-order valence-electron chi connectivity index (χ3n) is 2.79. The Kier molecular flexibility index (Phi) is 3.21. The van der Waals surface area contributed by atoms with E-state index in [1.165, 1.54) is 0 Å². The Balaban J connectivity index is 2.14. The van der Waals surface area contributed by atoms with Crippen LogP contribution in [0.4, 0.5) is 0 Å². The Morgan fingerprint density at radius 2 is 1.95 bits per heavy atom. The summed E-state index contributed by atoms with van der Waals surface area (Å²) in [6.07, 6.45) is 1.66. The van der Waals surface area contributed by atoms with E-state index in [0.717, 1.165) is 22.2 Å². The fraction of sp³-hybridized carbons (Fsp3) is 0.0714. The van der Waals surface area contributed by atoms with Gasteiger partial charge in [-0.2, -0.15) is 0 Å². The first-order valence-electron chi connectivity index (χ1n) is 5.69. The summed E-state index contributed by atoms with van der Waals surface area (Å²) < 4.78 is 0.691. The highest BCUT2D eigenvalue weighted by molar-refractivity contribution is 9.10. The van der Waals surface area contributed by atoms with Gasteiger partial charge in [-0.1, -0.05) is 17.7 Å². The zero-order valence-electron chi connectivity index (χ0n) is 10.1. The molecule has 0 aliphatic heterocycles. The van der Waals surface area contributed by atoms with Gasteiger partial charge in [0.2, 0.25) is 0 Å². The molecule has 5 heteroatoms. The number of halogens is 2. The second-order valence-corrected chi connectivity index (χ2v) is 5.40. The Morgan fingerprint density at radius 3 is 2.74 bits per heavy atom. The molecule has 0 bridgehead atoms. The van der Waals surface area contributed by atoms with Gasteiger partial charge in [-0.05, 0) is 47.1 Å². The van der Waals surface area contributed by atoms with E-state index in [2.05, 4.69) is 30.9 Å². The van der Waals surface area contributed by atoms with Gasteiger partial charge in [0.1, 0.15) is 5.15 Å². The lowest BCUT2D eigenvalue weighted by Gasteiger charge is -2.04. The molecule has 0 fully saturated rings. The topological polar surface area (TPSA) is 38.7 Å². The molecular weight excluding hydrogens is 326 g/mol. The zero-order chi connectivity index (χ0) is 13.4. The van der Waals surface area contributed by atoms with Crippen molar-refractivity contribution in [2.45, 2.75) is 6.92 Å². The molecule has 2 heterocycles. The summed E-state index contributed by atoms with van der Waals surface area (Å²) >= 11 is 9.28. The zero-order valence-corrected chi connectivity index (χ0v) is 12.4. The van der Waals surface area contributed by atoms with Gasteiger partial charge >= 0.3 is 0 Å². The number of pyridine rings is 1. The molecule has 0 radical (unpaired) electrons. The van der Waals surface area contributed by atoms with Gasteiger partial charge in [0.15, 0.2) is 5.82 Å². The first-order valence-corrected chi connectivity index (χ1v) is 6.86. The number of hydrogen-bond donors (Lipinski definition) is 0. The number of hydrogen-bond acceptors (Lipinski definition) is 3. The van der Waals surface area contributed by atoms with Gasteiger partial charge in [-0.25, -0.2) is 9.97 Å².